The smallest absolute Gasteiger partial charge is 0.317 e. The molecule has 0 aromatic carbocycles. The van der Waals surface area contributed by atoms with E-state index in [1.54, 1.807) is 30.3 Å². The van der Waals surface area contributed by atoms with Crippen molar-refractivity contribution in [2.75, 3.05) is 32.9 Å². The highest BCUT2D eigenvalue weighted by Gasteiger charge is 2.40. The van der Waals surface area contributed by atoms with Crippen molar-refractivity contribution in [1.82, 2.24) is 20.1 Å². The number of thiazole rings is 1. The Balaban J connectivity index is 1.75. The van der Waals surface area contributed by atoms with E-state index in [0.29, 0.717) is 17.1 Å². The van der Waals surface area contributed by atoms with E-state index < -0.39 is 0 Å². The number of nitrogens with zero attached hydrogens (tertiary/aromatic N) is 3. The lowest BCUT2D eigenvalue weighted by molar-refractivity contribution is 0.0689. The van der Waals surface area contributed by atoms with Gasteiger partial charge in [-0.25, -0.2) is 9.78 Å². The van der Waals surface area contributed by atoms with Crippen molar-refractivity contribution in [2.24, 2.45) is 5.92 Å². The number of likely N-dealkylation sites (tertiary alicyclic amines) is 1. The maximum absolute atomic E-state index is 11.9. The lowest BCUT2D eigenvalue weighted by atomic mass is 9.78. The van der Waals surface area contributed by atoms with Crippen LogP contribution in [0.3, 0.4) is 0 Å². The average molecular weight is 323 g/mol. The molecule has 2 amide bonds. The highest BCUT2D eigenvalue weighted by atomic mass is 32.1. The Morgan fingerprint density at radius 2 is 2.27 bits per heavy atom. The standard InChI is InChI=1S/C15H25N5OS/c1-4-20-8-10(17-15(21)19(2)3)5-9-6-11-13(7-12(9)20)22-14(16)18-11/h9-10,12H,4-8H2,1-3H3,(H2,16,18)(H,17,21). The van der Waals surface area contributed by atoms with Crippen LogP contribution in [0.5, 0.6) is 0 Å². The number of carbonyl (C=O) groups excluding carboxylic acids is 1. The summed E-state index contributed by atoms with van der Waals surface area (Å²) in [6, 6.07) is 0.771. The van der Waals surface area contributed by atoms with E-state index in [-0.39, 0.29) is 12.1 Å². The summed E-state index contributed by atoms with van der Waals surface area (Å²) >= 11 is 1.64. The van der Waals surface area contributed by atoms with Crippen molar-refractivity contribution < 1.29 is 4.79 Å². The molecule has 0 bridgehead atoms. The van der Waals surface area contributed by atoms with Gasteiger partial charge in [0.1, 0.15) is 0 Å². The Morgan fingerprint density at radius 3 is 2.95 bits per heavy atom. The number of nitrogen functional groups attached to an aromatic ring is 1. The summed E-state index contributed by atoms with van der Waals surface area (Å²) in [6.45, 7) is 4.14. The molecule has 3 rings (SSSR count). The topological polar surface area (TPSA) is 74.5 Å². The zero-order valence-corrected chi connectivity index (χ0v) is 14.3. The molecule has 22 heavy (non-hydrogen) atoms. The summed E-state index contributed by atoms with van der Waals surface area (Å²) in [5, 5.41) is 3.83. The minimum Gasteiger partial charge on any atom is -0.375 e. The van der Waals surface area contributed by atoms with Gasteiger partial charge in [0.15, 0.2) is 5.13 Å². The molecule has 2 heterocycles. The number of nitrogens with two attached hydrogens (primary N) is 1. The van der Waals surface area contributed by atoms with E-state index >= 15 is 0 Å². The second-order valence-corrected chi connectivity index (χ2v) is 7.64. The Morgan fingerprint density at radius 1 is 1.50 bits per heavy atom. The first kappa shape index (κ1) is 15.6. The summed E-state index contributed by atoms with van der Waals surface area (Å²) in [7, 11) is 3.56. The fraction of sp³-hybridized carbons (Fsp3) is 0.733. The zero-order chi connectivity index (χ0) is 15.9. The maximum Gasteiger partial charge on any atom is 0.317 e. The molecular weight excluding hydrogens is 298 g/mol. The molecule has 3 N–H and O–H groups in total. The number of piperidine rings is 1. The fourth-order valence-electron chi connectivity index (χ4n) is 3.76. The van der Waals surface area contributed by atoms with Crippen molar-refractivity contribution in [3.8, 4) is 0 Å². The van der Waals surface area contributed by atoms with Crippen LogP contribution in [0.2, 0.25) is 0 Å². The molecular formula is C15H25N5OS. The summed E-state index contributed by atoms with van der Waals surface area (Å²) in [5.41, 5.74) is 7.05. The summed E-state index contributed by atoms with van der Waals surface area (Å²) in [5.74, 6) is 0.551. The van der Waals surface area contributed by atoms with E-state index in [2.05, 4.69) is 22.1 Å². The number of fused-ring (bicyclic) bond motifs is 2. The van der Waals surface area contributed by atoms with Gasteiger partial charge in [0, 0.05) is 37.6 Å². The Kier molecular flexibility index (Phi) is 4.27. The first-order valence-electron chi connectivity index (χ1n) is 7.93. The molecule has 0 radical (unpaired) electrons. The number of carbonyl (C=O) groups is 1. The molecule has 2 aliphatic rings. The quantitative estimate of drug-likeness (QED) is 0.857. The molecule has 3 atom stereocenters. The van der Waals surface area contributed by atoms with Crippen LogP contribution in [0.1, 0.15) is 23.9 Å². The van der Waals surface area contributed by atoms with Gasteiger partial charge in [0.05, 0.1) is 5.69 Å². The van der Waals surface area contributed by atoms with Gasteiger partial charge < -0.3 is 16.0 Å². The van der Waals surface area contributed by atoms with E-state index in [4.69, 9.17) is 5.73 Å². The Bertz CT molecular complexity index is 558. The van der Waals surface area contributed by atoms with Crippen LogP contribution >= 0.6 is 11.3 Å². The number of nitrogens with one attached hydrogen (secondary N) is 1. The average Bonchev–Trinajstić information content (AvgIpc) is 2.82. The van der Waals surface area contributed by atoms with E-state index in [0.717, 1.165) is 32.4 Å². The molecule has 122 valence electrons. The number of hydrogen-bond acceptors (Lipinski definition) is 5. The second kappa shape index (κ2) is 6.04. The Labute approximate surface area is 135 Å². The zero-order valence-electron chi connectivity index (χ0n) is 13.5. The summed E-state index contributed by atoms with van der Waals surface area (Å²) in [6.07, 6.45) is 3.06. The SMILES string of the molecule is CCN1CC(NC(=O)N(C)C)CC2Cc3nc(N)sc3CC21. The van der Waals surface area contributed by atoms with Crippen molar-refractivity contribution in [1.29, 1.82) is 0 Å². The number of amides is 2. The molecule has 1 aromatic rings. The number of urea groups is 1. The maximum atomic E-state index is 11.9. The molecule has 1 aliphatic heterocycles. The number of anilines is 1. The molecule has 1 fully saturated rings. The third kappa shape index (κ3) is 2.92. The second-order valence-electron chi connectivity index (χ2n) is 6.52. The van der Waals surface area contributed by atoms with Gasteiger partial charge in [-0.15, -0.1) is 11.3 Å². The van der Waals surface area contributed by atoms with Gasteiger partial charge in [-0.3, -0.25) is 4.90 Å². The van der Waals surface area contributed by atoms with Crippen LogP contribution in [0.15, 0.2) is 0 Å². The van der Waals surface area contributed by atoms with Crippen LogP contribution in [-0.2, 0) is 12.8 Å². The van der Waals surface area contributed by atoms with Crippen molar-refractivity contribution in [3.05, 3.63) is 10.6 Å². The highest BCUT2D eigenvalue weighted by Crippen LogP contribution is 2.37. The minimum absolute atomic E-state index is 0.00564. The molecule has 0 spiro atoms. The van der Waals surface area contributed by atoms with E-state index in [9.17, 15) is 4.79 Å². The normalized spacial score (nSPS) is 27.9. The molecule has 3 unspecified atom stereocenters. The summed E-state index contributed by atoms with van der Waals surface area (Å²) in [4.78, 5) is 21.9. The van der Waals surface area contributed by atoms with E-state index in [1.807, 2.05) is 0 Å². The van der Waals surface area contributed by atoms with Crippen LogP contribution in [0, 0.1) is 5.92 Å². The van der Waals surface area contributed by atoms with Gasteiger partial charge in [0.2, 0.25) is 0 Å². The first-order valence-corrected chi connectivity index (χ1v) is 8.75. The van der Waals surface area contributed by atoms with Gasteiger partial charge >= 0.3 is 6.03 Å². The number of aromatic nitrogens is 1. The van der Waals surface area contributed by atoms with Crippen LogP contribution in [0.4, 0.5) is 9.93 Å². The molecule has 1 aromatic heterocycles. The van der Waals surface area contributed by atoms with Crippen molar-refractivity contribution in [2.45, 2.75) is 38.3 Å². The largest absolute Gasteiger partial charge is 0.375 e. The Hall–Kier alpha value is -1.34. The first-order chi connectivity index (χ1) is 10.5. The third-order valence-corrected chi connectivity index (χ3v) is 5.79. The predicted molar refractivity (Wildman–Crippen MR) is 89.1 cm³/mol. The highest BCUT2D eigenvalue weighted by molar-refractivity contribution is 7.15. The van der Waals surface area contributed by atoms with Gasteiger partial charge in [-0.1, -0.05) is 6.92 Å². The van der Waals surface area contributed by atoms with Crippen LogP contribution in [-0.4, -0.2) is 60.1 Å². The lowest BCUT2D eigenvalue weighted by Gasteiger charge is -2.46. The third-order valence-electron chi connectivity index (χ3n) is 4.84. The molecule has 7 heteroatoms. The number of hydrogen-bond donors (Lipinski definition) is 2. The lowest BCUT2D eigenvalue weighted by Crippen LogP contribution is -2.58. The van der Waals surface area contributed by atoms with Crippen molar-refractivity contribution >= 4 is 22.5 Å². The number of likely N-dealkylation sites (N-methyl/N-ethyl adjacent to an activating group) is 1. The molecule has 0 saturated carbocycles. The van der Waals surface area contributed by atoms with Crippen LogP contribution < -0.4 is 11.1 Å². The number of rotatable bonds is 2. The molecule has 6 nitrogen and oxygen atoms in total. The van der Waals surface area contributed by atoms with Gasteiger partial charge in [-0.05, 0) is 31.7 Å². The monoisotopic (exact) mass is 323 g/mol. The van der Waals surface area contributed by atoms with Gasteiger partial charge in [0.25, 0.3) is 0 Å². The molecule has 1 saturated heterocycles. The summed E-state index contributed by atoms with van der Waals surface area (Å²) < 4.78 is 0. The fourth-order valence-corrected chi connectivity index (χ4v) is 4.67. The van der Waals surface area contributed by atoms with Crippen LogP contribution in [0.25, 0.3) is 0 Å². The molecule has 1 aliphatic carbocycles. The van der Waals surface area contributed by atoms with Crippen molar-refractivity contribution in [3.63, 3.8) is 0 Å². The minimum atomic E-state index is -0.00564. The van der Waals surface area contributed by atoms with E-state index in [1.165, 1.54) is 10.6 Å². The van der Waals surface area contributed by atoms with Gasteiger partial charge in [-0.2, -0.15) is 0 Å². The predicted octanol–water partition coefficient (Wildman–Crippen LogP) is 1.17.